The third-order valence-corrected chi connectivity index (χ3v) is 3.60. The molecule has 0 saturated heterocycles. The predicted molar refractivity (Wildman–Crippen MR) is 77.8 cm³/mol. The summed E-state index contributed by atoms with van der Waals surface area (Å²) in [5.41, 5.74) is 4.70. The number of hydrogen-bond acceptors (Lipinski definition) is 1. The molecule has 0 saturated carbocycles. The van der Waals surface area contributed by atoms with Crippen molar-refractivity contribution < 1.29 is 0 Å². The predicted octanol–water partition coefficient (Wildman–Crippen LogP) is 4.38. The first-order valence-electron chi connectivity index (χ1n) is 5.86. The first-order chi connectivity index (χ1) is 8.65. The Hall–Kier alpha value is -1.61. The number of benzene rings is 1. The van der Waals surface area contributed by atoms with Crippen molar-refractivity contribution in [3.8, 4) is 11.4 Å². The molecule has 2 nitrogen and oxygen atoms in total. The molecule has 2 heterocycles. The zero-order chi connectivity index (χ0) is 12.7. The van der Waals surface area contributed by atoms with Crippen molar-refractivity contribution in [3.63, 3.8) is 0 Å². The van der Waals surface area contributed by atoms with Gasteiger partial charge in [-0.3, -0.25) is 4.40 Å². The van der Waals surface area contributed by atoms with Crippen molar-refractivity contribution in [2.75, 3.05) is 0 Å². The Labute approximate surface area is 114 Å². The largest absolute Gasteiger partial charge is 0.298 e. The zero-order valence-electron chi connectivity index (χ0n) is 10.3. The molecule has 2 aromatic heterocycles. The average Bonchev–Trinajstić information content (AvgIpc) is 2.66. The fourth-order valence-corrected chi connectivity index (χ4v) is 2.63. The number of fused-ring (bicyclic) bond motifs is 1. The summed E-state index contributed by atoms with van der Waals surface area (Å²) in [5.74, 6) is 0.976. The SMILES string of the molecule is Cc1cccc(-c2nc(Br)c3ccc(C)cn23)c1. The van der Waals surface area contributed by atoms with Crippen LogP contribution in [0.15, 0.2) is 47.2 Å². The maximum absolute atomic E-state index is 4.62. The summed E-state index contributed by atoms with van der Waals surface area (Å²) in [7, 11) is 0. The molecule has 3 rings (SSSR count). The van der Waals surface area contributed by atoms with Gasteiger partial charge in [0, 0.05) is 11.8 Å². The maximum Gasteiger partial charge on any atom is 0.145 e. The third-order valence-electron chi connectivity index (χ3n) is 3.02. The van der Waals surface area contributed by atoms with E-state index in [1.807, 2.05) is 0 Å². The van der Waals surface area contributed by atoms with Crippen LogP contribution in [0.5, 0.6) is 0 Å². The summed E-state index contributed by atoms with van der Waals surface area (Å²) in [5, 5.41) is 0. The highest BCUT2D eigenvalue weighted by atomic mass is 79.9. The van der Waals surface area contributed by atoms with Crippen LogP contribution in [0.25, 0.3) is 16.9 Å². The Balaban J connectivity index is 2.32. The Kier molecular flexibility index (Phi) is 2.71. The van der Waals surface area contributed by atoms with Crippen molar-refractivity contribution in [1.82, 2.24) is 9.38 Å². The van der Waals surface area contributed by atoms with E-state index in [0.29, 0.717) is 0 Å². The summed E-state index contributed by atoms with van der Waals surface area (Å²) >= 11 is 3.53. The molecule has 3 heteroatoms. The second-order valence-electron chi connectivity index (χ2n) is 4.56. The number of hydrogen-bond donors (Lipinski definition) is 0. The Morgan fingerprint density at radius 3 is 2.67 bits per heavy atom. The van der Waals surface area contributed by atoms with Gasteiger partial charge in [-0.1, -0.05) is 29.8 Å². The molecule has 0 aliphatic heterocycles. The van der Waals surface area contributed by atoms with E-state index in [2.05, 4.69) is 81.8 Å². The molecule has 0 amide bonds. The summed E-state index contributed by atoms with van der Waals surface area (Å²) < 4.78 is 3.02. The summed E-state index contributed by atoms with van der Waals surface area (Å²) in [6, 6.07) is 12.6. The molecular weight excluding hydrogens is 288 g/mol. The fourth-order valence-electron chi connectivity index (χ4n) is 2.14. The van der Waals surface area contributed by atoms with Gasteiger partial charge in [0.2, 0.25) is 0 Å². The van der Waals surface area contributed by atoms with E-state index in [0.717, 1.165) is 21.5 Å². The second-order valence-corrected chi connectivity index (χ2v) is 5.31. The average molecular weight is 301 g/mol. The minimum Gasteiger partial charge on any atom is -0.298 e. The van der Waals surface area contributed by atoms with Crippen molar-refractivity contribution in [2.24, 2.45) is 0 Å². The van der Waals surface area contributed by atoms with Gasteiger partial charge in [-0.05, 0) is 47.5 Å². The van der Waals surface area contributed by atoms with Crippen LogP contribution in [-0.2, 0) is 0 Å². The molecule has 1 aromatic carbocycles. The van der Waals surface area contributed by atoms with Gasteiger partial charge in [0.25, 0.3) is 0 Å². The number of aromatic nitrogens is 2. The van der Waals surface area contributed by atoms with Crippen LogP contribution >= 0.6 is 15.9 Å². The molecule has 3 aromatic rings. The quantitative estimate of drug-likeness (QED) is 0.652. The van der Waals surface area contributed by atoms with E-state index >= 15 is 0 Å². The van der Waals surface area contributed by atoms with Crippen LogP contribution in [-0.4, -0.2) is 9.38 Å². The highest BCUT2D eigenvalue weighted by Crippen LogP contribution is 2.26. The van der Waals surface area contributed by atoms with E-state index in [1.165, 1.54) is 11.1 Å². The molecule has 0 fully saturated rings. The topological polar surface area (TPSA) is 17.3 Å². The number of imidazole rings is 1. The van der Waals surface area contributed by atoms with Crippen molar-refractivity contribution >= 4 is 21.4 Å². The lowest BCUT2D eigenvalue weighted by atomic mass is 10.1. The van der Waals surface area contributed by atoms with Crippen LogP contribution in [0, 0.1) is 13.8 Å². The summed E-state index contributed by atoms with van der Waals surface area (Å²) in [6.07, 6.45) is 2.12. The fraction of sp³-hybridized carbons (Fsp3) is 0.133. The normalized spacial score (nSPS) is 11.1. The highest BCUT2D eigenvalue weighted by molar-refractivity contribution is 9.10. The molecule has 0 aliphatic rings. The van der Waals surface area contributed by atoms with Gasteiger partial charge in [-0.15, -0.1) is 0 Å². The van der Waals surface area contributed by atoms with Crippen molar-refractivity contribution in [3.05, 3.63) is 58.3 Å². The van der Waals surface area contributed by atoms with Crippen LogP contribution < -0.4 is 0 Å². The van der Waals surface area contributed by atoms with Gasteiger partial charge in [0.1, 0.15) is 10.4 Å². The molecule has 0 atom stereocenters. The van der Waals surface area contributed by atoms with Crippen LogP contribution in [0.4, 0.5) is 0 Å². The molecule has 0 unspecified atom stereocenters. The molecule has 90 valence electrons. The second kappa shape index (κ2) is 4.25. The lowest BCUT2D eigenvalue weighted by Crippen LogP contribution is -1.90. The number of pyridine rings is 1. The third kappa shape index (κ3) is 1.85. The van der Waals surface area contributed by atoms with Crippen LogP contribution in [0.1, 0.15) is 11.1 Å². The van der Waals surface area contributed by atoms with E-state index < -0.39 is 0 Å². The molecule has 0 N–H and O–H groups in total. The van der Waals surface area contributed by atoms with Gasteiger partial charge in [0.15, 0.2) is 0 Å². The molecule has 18 heavy (non-hydrogen) atoms. The first kappa shape index (κ1) is 11.5. The number of halogens is 1. The Morgan fingerprint density at radius 2 is 1.89 bits per heavy atom. The Bertz CT molecular complexity index is 728. The minimum atomic E-state index is 0.888. The molecule has 0 radical (unpaired) electrons. The number of rotatable bonds is 1. The summed E-state index contributed by atoms with van der Waals surface area (Å²) in [4.78, 5) is 4.62. The summed E-state index contributed by atoms with van der Waals surface area (Å²) in [6.45, 7) is 4.19. The van der Waals surface area contributed by atoms with Gasteiger partial charge in [-0.25, -0.2) is 4.98 Å². The van der Waals surface area contributed by atoms with Gasteiger partial charge in [-0.2, -0.15) is 0 Å². The number of nitrogens with zero attached hydrogens (tertiary/aromatic N) is 2. The minimum absolute atomic E-state index is 0.888. The standard InChI is InChI=1S/C15H13BrN2/c1-10-4-3-5-12(8-10)15-17-14(16)13-7-6-11(2)9-18(13)15/h3-9H,1-2H3. The lowest BCUT2D eigenvalue weighted by Gasteiger charge is -2.03. The molecule has 0 bridgehead atoms. The monoisotopic (exact) mass is 300 g/mol. The first-order valence-corrected chi connectivity index (χ1v) is 6.66. The molecule has 0 aliphatic carbocycles. The van der Waals surface area contributed by atoms with E-state index in [-0.39, 0.29) is 0 Å². The molecule has 0 spiro atoms. The van der Waals surface area contributed by atoms with Gasteiger partial charge in [0.05, 0.1) is 5.52 Å². The van der Waals surface area contributed by atoms with E-state index in [4.69, 9.17) is 0 Å². The van der Waals surface area contributed by atoms with Crippen LogP contribution in [0.2, 0.25) is 0 Å². The van der Waals surface area contributed by atoms with E-state index in [1.54, 1.807) is 0 Å². The van der Waals surface area contributed by atoms with E-state index in [9.17, 15) is 0 Å². The lowest BCUT2D eigenvalue weighted by molar-refractivity contribution is 1.14. The van der Waals surface area contributed by atoms with Crippen molar-refractivity contribution in [1.29, 1.82) is 0 Å². The van der Waals surface area contributed by atoms with Gasteiger partial charge >= 0.3 is 0 Å². The van der Waals surface area contributed by atoms with Crippen LogP contribution in [0.3, 0.4) is 0 Å². The van der Waals surface area contributed by atoms with Crippen molar-refractivity contribution in [2.45, 2.75) is 13.8 Å². The number of aryl methyl sites for hydroxylation is 2. The van der Waals surface area contributed by atoms with Gasteiger partial charge < -0.3 is 0 Å². The maximum atomic E-state index is 4.62. The zero-order valence-corrected chi connectivity index (χ0v) is 11.9. The smallest absolute Gasteiger partial charge is 0.145 e. The highest BCUT2D eigenvalue weighted by Gasteiger charge is 2.10. The molecular formula is C15H13BrN2. The Morgan fingerprint density at radius 1 is 1.06 bits per heavy atom.